The molecule has 0 saturated heterocycles. The molecule has 6 nitrogen and oxygen atoms in total. The average Bonchev–Trinajstić information content (AvgIpc) is 2.35. The summed E-state index contributed by atoms with van der Waals surface area (Å²) in [7, 11) is 0. The van der Waals surface area contributed by atoms with Gasteiger partial charge in [0.25, 0.3) is 0 Å². The zero-order chi connectivity index (χ0) is 15.0. The van der Waals surface area contributed by atoms with Gasteiger partial charge in [-0.05, 0) is 17.7 Å². The molecule has 1 rings (SSSR count). The Kier molecular flexibility index (Phi) is 6.23. The molecule has 6 N–H and O–H groups in total. The molecular formula is C14H18N4O2. The Morgan fingerprint density at radius 2 is 1.80 bits per heavy atom. The fourth-order valence-corrected chi connectivity index (χ4v) is 1.77. The summed E-state index contributed by atoms with van der Waals surface area (Å²) < 4.78 is 0. The van der Waals surface area contributed by atoms with Gasteiger partial charge in [0, 0.05) is 12.1 Å². The molecule has 0 heterocycles. The minimum Gasteiger partial charge on any atom is -0.369 e. The van der Waals surface area contributed by atoms with Gasteiger partial charge in [-0.25, -0.2) is 0 Å². The number of amides is 2. The topological polar surface area (TPSA) is 115 Å². The van der Waals surface area contributed by atoms with Crippen LogP contribution in [0.1, 0.15) is 11.1 Å². The third-order valence-electron chi connectivity index (χ3n) is 2.43. The van der Waals surface area contributed by atoms with E-state index in [-0.39, 0.29) is 13.1 Å². The molecule has 0 radical (unpaired) electrons. The van der Waals surface area contributed by atoms with Crippen LogP contribution in [0.25, 0.3) is 0 Å². The van der Waals surface area contributed by atoms with Gasteiger partial charge in [0.1, 0.15) is 0 Å². The van der Waals surface area contributed by atoms with Crippen LogP contribution < -0.4 is 17.2 Å². The van der Waals surface area contributed by atoms with Crippen molar-refractivity contribution in [1.29, 1.82) is 0 Å². The summed E-state index contributed by atoms with van der Waals surface area (Å²) >= 11 is 0. The van der Waals surface area contributed by atoms with Crippen LogP contribution in [0.15, 0.2) is 24.3 Å². The number of hydrogen-bond acceptors (Lipinski definition) is 4. The molecule has 1 aromatic rings. The van der Waals surface area contributed by atoms with E-state index < -0.39 is 11.8 Å². The van der Waals surface area contributed by atoms with Gasteiger partial charge in [-0.15, -0.1) is 0 Å². The highest BCUT2D eigenvalue weighted by Crippen LogP contribution is 2.07. The Bertz CT molecular complexity index is 530. The van der Waals surface area contributed by atoms with Gasteiger partial charge < -0.3 is 17.2 Å². The van der Waals surface area contributed by atoms with Crippen LogP contribution in [0, 0.1) is 11.8 Å². The maximum absolute atomic E-state index is 11.0. The highest BCUT2D eigenvalue weighted by Gasteiger charge is 2.11. The molecule has 0 unspecified atom stereocenters. The second kappa shape index (κ2) is 7.94. The molecule has 106 valence electrons. The predicted molar refractivity (Wildman–Crippen MR) is 76.0 cm³/mol. The summed E-state index contributed by atoms with van der Waals surface area (Å²) in [5.74, 6) is 4.67. The van der Waals surface area contributed by atoms with Gasteiger partial charge in [0.05, 0.1) is 19.6 Å². The Balaban J connectivity index is 2.81. The zero-order valence-corrected chi connectivity index (χ0v) is 11.1. The van der Waals surface area contributed by atoms with Crippen molar-refractivity contribution >= 4 is 11.8 Å². The van der Waals surface area contributed by atoms with Crippen molar-refractivity contribution in [3.05, 3.63) is 35.4 Å². The molecule has 0 atom stereocenters. The molecule has 20 heavy (non-hydrogen) atoms. The molecular weight excluding hydrogens is 256 g/mol. The van der Waals surface area contributed by atoms with Crippen LogP contribution in [0.2, 0.25) is 0 Å². The first-order valence-corrected chi connectivity index (χ1v) is 6.08. The summed E-state index contributed by atoms with van der Waals surface area (Å²) in [5, 5.41) is 0. The van der Waals surface area contributed by atoms with Crippen molar-refractivity contribution in [2.75, 3.05) is 19.6 Å². The second-order valence-corrected chi connectivity index (χ2v) is 4.28. The van der Waals surface area contributed by atoms with E-state index in [1.165, 1.54) is 0 Å². The monoisotopic (exact) mass is 274 g/mol. The maximum atomic E-state index is 11.0. The lowest BCUT2D eigenvalue weighted by molar-refractivity contribution is -0.122. The van der Waals surface area contributed by atoms with E-state index in [1.807, 2.05) is 24.3 Å². The minimum absolute atomic E-state index is 0.0261. The van der Waals surface area contributed by atoms with E-state index in [2.05, 4.69) is 11.8 Å². The molecule has 0 saturated carbocycles. The molecule has 1 aromatic carbocycles. The van der Waals surface area contributed by atoms with Gasteiger partial charge in [-0.2, -0.15) is 0 Å². The lowest BCUT2D eigenvalue weighted by Crippen LogP contribution is -2.39. The molecule has 0 bridgehead atoms. The molecule has 6 heteroatoms. The minimum atomic E-state index is -0.509. The summed E-state index contributed by atoms with van der Waals surface area (Å²) in [6.07, 6.45) is 0. The summed E-state index contributed by atoms with van der Waals surface area (Å²) in [6, 6.07) is 7.46. The second-order valence-electron chi connectivity index (χ2n) is 4.28. The first-order valence-electron chi connectivity index (χ1n) is 6.08. The molecule has 0 aliphatic heterocycles. The molecule has 0 aromatic heterocycles. The normalized spacial score (nSPS) is 9.90. The maximum Gasteiger partial charge on any atom is 0.231 e. The third-order valence-corrected chi connectivity index (χ3v) is 2.43. The van der Waals surface area contributed by atoms with E-state index in [9.17, 15) is 9.59 Å². The number of hydrogen-bond donors (Lipinski definition) is 3. The predicted octanol–water partition coefficient (Wildman–Crippen LogP) is -1.23. The SMILES string of the molecule is NCC#Cc1cccc(CN(CC(N)=O)CC(N)=O)c1. The summed E-state index contributed by atoms with van der Waals surface area (Å²) in [6.45, 7) is 0.632. The smallest absolute Gasteiger partial charge is 0.231 e. The van der Waals surface area contributed by atoms with Crippen LogP contribution in [-0.4, -0.2) is 36.3 Å². The van der Waals surface area contributed by atoms with E-state index in [1.54, 1.807) is 4.90 Å². The van der Waals surface area contributed by atoms with Crippen molar-refractivity contribution in [3.63, 3.8) is 0 Å². The number of benzene rings is 1. The highest BCUT2D eigenvalue weighted by atomic mass is 16.2. The Labute approximate surface area is 117 Å². The summed E-state index contributed by atoms with van der Waals surface area (Å²) in [5.41, 5.74) is 17.4. The number of nitrogens with zero attached hydrogens (tertiary/aromatic N) is 1. The molecule has 0 aliphatic carbocycles. The van der Waals surface area contributed by atoms with Crippen LogP contribution in [0.3, 0.4) is 0 Å². The van der Waals surface area contributed by atoms with E-state index in [0.717, 1.165) is 11.1 Å². The fourth-order valence-electron chi connectivity index (χ4n) is 1.77. The van der Waals surface area contributed by atoms with Gasteiger partial charge in [0.15, 0.2) is 0 Å². The zero-order valence-electron chi connectivity index (χ0n) is 11.1. The summed E-state index contributed by atoms with van der Waals surface area (Å²) in [4.78, 5) is 23.5. The van der Waals surface area contributed by atoms with Gasteiger partial charge in [0.2, 0.25) is 11.8 Å². The van der Waals surface area contributed by atoms with Crippen molar-refractivity contribution < 1.29 is 9.59 Å². The van der Waals surface area contributed by atoms with Crippen LogP contribution in [0.4, 0.5) is 0 Å². The number of primary amides is 2. The lowest BCUT2D eigenvalue weighted by Gasteiger charge is -2.19. The molecule has 0 fully saturated rings. The quantitative estimate of drug-likeness (QED) is 0.563. The van der Waals surface area contributed by atoms with Gasteiger partial charge in [-0.3, -0.25) is 14.5 Å². The first kappa shape index (κ1) is 15.7. The Morgan fingerprint density at radius 3 is 2.35 bits per heavy atom. The lowest BCUT2D eigenvalue weighted by atomic mass is 10.1. The third kappa shape index (κ3) is 6.00. The van der Waals surface area contributed by atoms with E-state index >= 15 is 0 Å². The van der Waals surface area contributed by atoms with Crippen molar-refractivity contribution in [1.82, 2.24) is 4.90 Å². The average molecular weight is 274 g/mol. The number of nitrogens with two attached hydrogens (primary N) is 3. The molecule has 2 amide bonds. The Hall–Kier alpha value is -2.36. The number of carbonyl (C=O) groups excluding carboxylic acids is 2. The largest absolute Gasteiger partial charge is 0.369 e. The van der Waals surface area contributed by atoms with E-state index in [0.29, 0.717) is 13.1 Å². The Morgan fingerprint density at radius 1 is 1.15 bits per heavy atom. The van der Waals surface area contributed by atoms with Crippen molar-refractivity contribution in [2.45, 2.75) is 6.54 Å². The standard InChI is InChI=1S/C14H18N4O2/c15-6-2-5-11-3-1-4-12(7-11)8-18(9-13(16)19)10-14(17)20/h1,3-4,7H,6,8-10,15H2,(H2,16,19)(H2,17,20). The van der Waals surface area contributed by atoms with Gasteiger partial charge in [-0.1, -0.05) is 24.0 Å². The van der Waals surface area contributed by atoms with Crippen LogP contribution in [-0.2, 0) is 16.1 Å². The number of rotatable bonds is 6. The highest BCUT2D eigenvalue weighted by molar-refractivity contribution is 5.79. The van der Waals surface area contributed by atoms with Crippen molar-refractivity contribution in [3.8, 4) is 11.8 Å². The van der Waals surface area contributed by atoms with Crippen LogP contribution in [0.5, 0.6) is 0 Å². The van der Waals surface area contributed by atoms with Crippen molar-refractivity contribution in [2.24, 2.45) is 17.2 Å². The number of carbonyl (C=O) groups is 2. The molecule has 0 spiro atoms. The fraction of sp³-hybridized carbons (Fsp3) is 0.286. The van der Waals surface area contributed by atoms with Crippen LogP contribution >= 0.6 is 0 Å². The van der Waals surface area contributed by atoms with Gasteiger partial charge >= 0.3 is 0 Å². The first-order chi connectivity index (χ1) is 9.51. The van der Waals surface area contributed by atoms with E-state index in [4.69, 9.17) is 17.2 Å². The molecule has 0 aliphatic rings.